The number of halogens is 1. The summed E-state index contributed by atoms with van der Waals surface area (Å²) in [6.07, 6.45) is 3.12. The average molecular weight is 369 g/mol. The molecule has 1 atom stereocenters. The number of nitrogens with one attached hydrogen (secondary N) is 1. The molecule has 0 saturated carbocycles. The number of pyridine rings is 1. The van der Waals surface area contributed by atoms with E-state index < -0.39 is 23.7 Å². The summed E-state index contributed by atoms with van der Waals surface area (Å²) < 4.78 is 15.7. The Labute approximate surface area is 154 Å². The van der Waals surface area contributed by atoms with E-state index in [2.05, 4.69) is 11.9 Å². The summed E-state index contributed by atoms with van der Waals surface area (Å²) in [5, 5.41) is 2.47. The van der Waals surface area contributed by atoms with Gasteiger partial charge >= 0.3 is 0 Å². The Balaban J connectivity index is 1.71. The lowest BCUT2D eigenvalue weighted by atomic mass is 10.2. The van der Waals surface area contributed by atoms with Gasteiger partial charge in [-0.25, -0.2) is 4.39 Å². The third-order valence-corrected chi connectivity index (χ3v) is 4.16. The quantitative estimate of drug-likeness (QED) is 0.816. The van der Waals surface area contributed by atoms with Crippen molar-refractivity contribution >= 4 is 17.5 Å². The highest BCUT2D eigenvalue weighted by Gasteiger charge is 2.32. The van der Waals surface area contributed by atoms with Crippen LogP contribution in [0.4, 0.5) is 10.1 Å². The van der Waals surface area contributed by atoms with E-state index in [4.69, 9.17) is 5.73 Å². The van der Waals surface area contributed by atoms with Gasteiger partial charge in [0.15, 0.2) is 0 Å². The highest BCUT2D eigenvalue weighted by Crippen LogP contribution is 2.21. The second-order valence-electron chi connectivity index (χ2n) is 6.20. The molecule has 1 aliphatic rings. The number of carbonyl (C=O) groups excluding carboxylic acids is 2. The predicted octanol–water partition coefficient (Wildman–Crippen LogP) is 0.845. The number of likely N-dealkylation sites (tertiary alicyclic amines) is 1. The number of hydrogen-bond acceptors (Lipinski definition) is 4. The van der Waals surface area contributed by atoms with Crippen LogP contribution in [0.5, 0.6) is 0 Å². The van der Waals surface area contributed by atoms with Crippen molar-refractivity contribution < 1.29 is 14.0 Å². The standard InChI is InChI=1S/C19H18FN4O3/c1-12-8-16(19(21)27)23(10-12)11-17(25)22-15-6-5-13(9-14(15)20)24-7-3-2-4-18(24)26/h2-9,16H,1,10-11H2,(H2,21,27)(H,22,25)/t16-/m1/s1. The second-order valence-corrected chi connectivity index (χ2v) is 6.20. The molecule has 1 fully saturated rings. The maximum Gasteiger partial charge on any atom is 0.255 e. The number of anilines is 1. The molecule has 0 aliphatic carbocycles. The minimum absolute atomic E-state index is 0.0228. The second kappa shape index (κ2) is 7.55. The summed E-state index contributed by atoms with van der Waals surface area (Å²) in [5.74, 6) is -1.75. The number of carbonyl (C=O) groups is 2. The fourth-order valence-electron chi connectivity index (χ4n) is 2.93. The molecule has 2 aromatic rings. The zero-order valence-corrected chi connectivity index (χ0v) is 14.4. The van der Waals surface area contributed by atoms with Gasteiger partial charge in [0, 0.05) is 31.3 Å². The highest BCUT2D eigenvalue weighted by molar-refractivity contribution is 5.93. The minimum Gasteiger partial charge on any atom is -0.368 e. The SMILES string of the molecule is C=C1[CH][C@H](C(N)=O)N(CC(=O)Nc2ccc(-n3ccccc3=O)cc2F)C1. The van der Waals surface area contributed by atoms with Gasteiger partial charge in [0.05, 0.1) is 24.0 Å². The van der Waals surface area contributed by atoms with Gasteiger partial charge < -0.3 is 11.1 Å². The Kier molecular flexibility index (Phi) is 5.18. The van der Waals surface area contributed by atoms with Gasteiger partial charge in [-0.1, -0.05) is 18.2 Å². The molecule has 2 amide bonds. The molecular formula is C19H18FN4O3. The van der Waals surface area contributed by atoms with Gasteiger partial charge in [-0.3, -0.25) is 23.9 Å². The van der Waals surface area contributed by atoms with Crippen LogP contribution in [0.3, 0.4) is 0 Å². The molecule has 0 spiro atoms. The van der Waals surface area contributed by atoms with Crippen LogP contribution in [0.15, 0.2) is 59.5 Å². The third-order valence-electron chi connectivity index (χ3n) is 4.16. The fourth-order valence-corrected chi connectivity index (χ4v) is 2.93. The number of amides is 2. The van der Waals surface area contributed by atoms with E-state index in [1.54, 1.807) is 23.5 Å². The number of primary amides is 1. The summed E-state index contributed by atoms with van der Waals surface area (Å²) in [6.45, 7) is 3.96. The van der Waals surface area contributed by atoms with Gasteiger partial charge in [0.2, 0.25) is 11.8 Å². The maximum atomic E-state index is 14.4. The molecule has 0 bridgehead atoms. The van der Waals surface area contributed by atoms with Crippen LogP contribution in [0.25, 0.3) is 5.69 Å². The van der Waals surface area contributed by atoms with E-state index in [1.807, 2.05) is 0 Å². The van der Waals surface area contributed by atoms with E-state index in [0.717, 1.165) is 6.07 Å². The van der Waals surface area contributed by atoms with E-state index >= 15 is 0 Å². The molecule has 139 valence electrons. The van der Waals surface area contributed by atoms with Gasteiger partial charge in [0.25, 0.3) is 5.56 Å². The van der Waals surface area contributed by atoms with Crippen molar-refractivity contribution in [2.45, 2.75) is 6.04 Å². The molecule has 7 nitrogen and oxygen atoms in total. The first-order valence-electron chi connectivity index (χ1n) is 8.18. The van der Waals surface area contributed by atoms with Crippen LogP contribution in [0.1, 0.15) is 0 Å². The number of aromatic nitrogens is 1. The Morgan fingerprint density at radius 3 is 2.74 bits per heavy atom. The molecule has 1 radical (unpaired) electrons. The number of nitrogens with two attached hydrogens (primary N) is 1. The van der Waals surface area contributed by atoms with Crippen molar-refractivity contribution in [2.24, 2.45) is 5.73 Å². The lowest BCUT2D eigenvalue weighted by Crippen LogP contribution is -2.44. The highest BCUT2D eigenvalue weighted by atomic mass is 19.1. The zero-order chi connectivity index (χ0) is 19.6. The maximum absolute atomic E-state index is 14.4. The summed E-state index contributed by atoms with van der Waals surface area (Å²) in [5.41, 5.74) is 6.03. The van der Waals surface area contributed by atoms with E-state index in [0.29, 0.717) is 17.8 Å². The number of hydrogen-bond donors (Lipinski definition) is 2. The van der Waals surface area contributed by atoms with Crippen LogP contribution in [0, 0.1) is 12.2 Å². The minimum atomic E-state index is -0.708. The van der Waals surface area contributed by atoms with Crippen LogP contribution in [-0.2, 0) is 9.59 Å². The number of benzene rings is 1. The Morgan fingerprint density at radius 2 is 2.07 bits per heavy atom. The lowest BCUT2D eigenvalue weighted by molar-refractivity contribution is -0.123. The average Bonchev–Trinajstić information content (AvgIpc) is 2.97. The first-order valence-corrected chi connectivity index (χ1v) is 8.18. The molecule has 1 aromatic heterocycles. The lowest BCUT2D eigenvalue weighted by Gasteiger charge is -2.20. The Hall–Kier alpha value is -3.26. The zero-order valence-electron chi connectivity index (χ0n) is 14.4. The van der Waals surface area contributed by atoms with Gasteiger partial charge in [0.1, 0.15) is 5.82 Å². The van der Waals surface area contributed by atoms with Crippen molar-refractivity contribution in [1.29, 1.82) is 0 Å². The Bertz CT molecular complexity index is 969. The molecular weight excluding hydrogens is 351 g/mol. The molecule has 3 rings (SSSR count). The van der Waals surface area contributed by atoms with Crippen LogP contribution >= 0.6 is 0 Å². The summed E-state index contributed by atoms with van der Waals surface area (Å²) in [4.78, 5) is 37.0. The molecule has 2 heterocycles. The molecule has 27 heavy (non-hydrogen) atoms. The largest absolute Gasteiger partial charge is 0.368 e. The monoisotopic (exact) mass is 369 g/mol. The van der Waals surface area contributed by atoms with Gasteiger partial charge in [-0.05, 0) is 18.2 Å². The molecule has 1 aromatic carbocycles. The fraction of sp³-hybridized carbons (Fsp3) is 0.158. The predicted molar refractivity (Wildman–Crippen MR) is 98.6 cm³/mol. The summed E-state index contributed by atoms with van der Waals surface area (Å²) >= 11 is 0. The first kappa shape index (κ1) is 18.5. The topological polar surface area (TPSA) is 97.4 Å². The Morgan fingerprint density at radius 1 is 1.30 bits per heavy atom. The molecule has 0 unspecified atom stereocenters. The number of rotatable bonds is 5. The molecule has 3 N–H and O–H groups in total. The molecule has 8 heteroatoms. The van der Waals surface area contributed by atoms with Crippen molar-refractivity contribution in [3.8, 4) is 5.69 Å². The van der Waals surface area contributed by atoms with Gasteiger partial charge in [-0.2, -0.15) is 0 Å². The van der Waals surface area contributed by atoms with Gasteiger partial charge in [-0.15, -0.1) is 0 Å². The van der Waals surface area contributed by atoms with E-state index in [1.165, 1.54) is 29.0 Å². The smallest absolute Gasteiger partial charge is 0.255 e. The van der Waals surface area contributed by atoms with Crippen LogP contribution < -0.4 is 16.6 Å². The van der Waals surface area contributed by atoms with Crippen LogP contribution in [0.2, 0.25) is 0 Å². The van der Waals surface area contributed by atoms with Crippen molar-refractivity contribution in [3.63, 3.8) is 0 Å². The summed E-state index contributed by atoms with van der Waals surface area (Å²) in [6, 6.07) is 7.97. The van der Waals surface area contributed by atoms with E-state index in [-0.39, 0.29) is 17.8 Å². The van der Waals surface area contributed by atoms with Crippen molar-refractivity contribution in [1.82, 2.24) is 9.47 Å². The third kappa shape index (κ3) is 4.12. The molecule has 1 aliphatic heterocycles. The number of nitrogens with zero attached hydrogens (tertiary/aromatic N) is 2. The van der Waals surface area contributed by atoms with Crippen molar-refractivity contribution in [3.05, 3.63) is 77.3 Å². The van der Waals surface area contributed by atoms with E-state index in [9.17, 15) is 18.8 Å². The van der Waals surface area contributed by atoms with Crippen molar-refractivity contribution in [2.75, 3.05) is 18.4 Å². The normalized spacial score (nSPS) is 17.1. The van der Waals surface area contributed by atoms with Crippen LogP contribution in [-0.4, -0.2) is 40.4 Å². The first-order chi connectivity index (χ1) is 12.8. The molecule has 1 saturated heterocycles. The summed E-state index contributed by atoms with van der Waals surface area (Å²) in [7, 11) is 0.